The normalized spacial score (nSPS) is 26.8. The molecule has 170 valence electrons. The number of para-hydroxylation sites is 1. The average molecular weight is 439 g/mol. The lowest BCUT2D eigenvalue weighted by molar-refractivity contribution is -0.223. The zero-order valence-electron chi connectivity index (χ0n) is 18.7. The van der Waals surface area contributed by atoms with Gasteiger partial charge < -0.3 is 28.4 Å². The van der Waals surface area contributed by atoms with Crippen molar-refractivity contribution < 1.29 is 28.4 Å². The Morgan fingerprint density at radius 1 is 1.06 bits per heavy atom. The second-order valence-electron chi connectivity index (χ2n) is 8.30. The summed E-state index contributed by atoms with van der Waals surface area (Å²) >= 11 is 0. The van der Waals surface area contributed by atoms with Crippen molar-refractivity contribution in [3.63, 3.8) is 0 Å². The molecule has 2 aliphatic rings. The van der Waals surface area contributed by atoms with Gasteiger partial charge in [-0.1, -0.05) is 55.1 Å². The van der Waals surface area contributed by atoms with E-state index in [2.05, 4.69) is 12.3 Å². The van der Waals surface area contributed by atoms with Crippen LogP contribution in [0.25, 0.3) is 0 Å². The van der Waals surface area contributed by atoms with Crippen LogP contribution in [0.2, 0.25) is 0 Å². The van der Waals surface area contributed by atoms with Crippen molar-refractivity contribution in [2.24, 2.45) is 0 Å². The fraction of sp³-hybridized carbons (Fsp3) is 0.423. The number of rotatable bonds is 9. The topological polar surface area (TPSA) is 55.4 Å². The van der Waals surface area contributed by atoms with Gasteiger partial charge in [0.05, 0.1) is 13.2 Å². The van der Waals surface area contributed by atoms with Gasteiger partial charge in [-0.2, -0.15) is 0 Å². The van der Waals surface area contributed by atoms with E-state index in [4.69, 9.17) is 28.4 Å². The highest BCUT2D eigenvalue weighted by Crippen LogP contribution is 2.41. The van der Waals surface area contributed by atoms with Gasteiger partial charge >= 0.3 is 0 Å². The number of benzene rings is 2. The molecule has 5 atom stereocenters. The molecule has 2 aromatic carbocycles. The Kier molecular flexibility index (Phi) is 7.11. The van der Waals surface area contributed by atoms with E-state index in [0.717, 1.165) is 16.9 Å². The van der Waals surface area contributed by atoms with Crippen LogP contribution >= 0.6 is 0 Å². The number of hydrogen-bond donors (Lipinski definition) is 0. The first-order valence-electron chi connectivity index (χ1n) is 10.8. The molecule has 2 saturated heterocycles. The highest BCUT2D eigenvalue weighted by Gasteiger charge is 2.58. The maximum absolute atomic E-state index is 6.33. The molecule has 4 rings (SSSR count). The standard InChI is InChI=1S/C26H30O6/c1-5-19(17-28-16-18-12-8-6-9-13-18)21(27-4)22-23(29-20-14-10-7-11-15-20)24-25(30-22)32-26(2,3)31-24/h6-15,21-25H,1,16-17H2,2-4H3/t21-,22-,23+,24-,25-/m1/s1. The van der Waals surface area contributed by atoms with Gasteiger partial charge in [-0.15, -0.1) is 5.73 Å². The Labute approximate surface area is 189 Å². The van der Waals surface area contributed by atoms with Crippen LogP contribution in [0.3, 0.4) is 0 Å². The van der Waals surface area contributed by atoms with Gasteiger partial charge in [-0.3, -0.25) is 0 Å². The van der Waals surface area contributed by atoms with Gasteiger partial charge in [0.15, 0.2) is 24.3 Å². The minimum Gasteiger partial charge on any atom is -0.485 e. The zero-order chi connectivity index (χ0) is 22.6. The molecule has 0 unspecified atom stereocenters. The molecular weight excluding hydrogens is 408 g/mol. The Hall–Kier alpha value is -2.44. The monoisotopic (exact) mass is 438 g/mol. The first kappa shape index (κ1) is 22.7. The summed E-state index contributed by atoms with van der Waals surface area (Å²) in [7, 11) is 1.63. The summed E-state index contributed by atoms with van der Waals surface area (Å²) in [6.07, 6.45) is -2.39. The summed E-state index contributed by atoms with van der Waals surface area (Å²) in [6.45, 7) is 8.36. The fourth-order valence-corrected chi connectivity index (χ4v) is 4.10. The Balaban J connectivity index is 1.50. The summed E-state index contributed by atoms with van der Waals surface area (Å²) in [5.74, 6) is -0.0313. The van der Waals surface area contributed by atoms with E-state index < -0.39 is 36.5 Å². The van der Waals surface area contributed by atoms with E-state index in [-0.39, 0.29) is 0 Å². The number of fused-ring (bicyclic) bond motifs is 1. The van der Waals surface area contributed by atoms with Crippen molar-refractivity contribution in [3.8, 4) is 5.75 Å². The molecule has 0 bridgehead atoms. The molecule has 0 saturated carbocycles. The van der Waals surface area contributed by atoms with Gasteiger partial charge in [-0.25, -0.2) is 0 Å². The highest BCUT2D eigenvalue weighted by molar-refractivity contribution is 5.23. The number of hydrogen-bond acceptors (Lipinski definition) is 6. The quantitative estimate of drug-likeness (QED) is 0.546. The van der Waals surface area contributed by atoms with Gasteiger partial charge in [0.1, 0.15) is 18.0 Å². The second-order valence-corrected chi connectivity index (χ2v) is 8.30. The van der Waals surface area contributed by atoms with Crippen LogP contribution in [0.1, 0.15) is 19.4 Å². The summed E-state index contributed by atoms with van der Waals surface area (Å²) in [6, 6.07) is 19.6. The first-order valence-corrected chi connectivity index (χ1v) is 10.8. The van der Waals surface area contributed by atoms with E-state index >= 15 is 0 Å². The lowest BCUT2D eigenvalue weighted by Crippen LogP contribution is -2.46. The van der Waals surface area contributed by atoms with Crippen molar-refractivity contribution in [3.05, 3.63) is 84.1 Å². The molecule has 2 aromatic rings. The van der Waals surface area contributed by atoms with Crippen LogP contribution in [0.15, 0.2) is 78.5 Å². The van der Waals surface area contributed by atoms with Crippen LogP contribution in [-0.2, 0) is 30.3 Å². The maximum atomic E-state index is 6.33. The minimum absolute atomic E-state index is 0.303. The smallest absolute Gasteiger partial charge is 0.191 e. The Bertz CT molecular complexity index is 922. The van der Waals surface area contributed by atoms with E-state index in [9.17, 15) is 0 Å². The Morgan fingerprint density at radius 3 is 2.41 bits per heavy atom. The summed E-state index contributed by atoms with van der Waals surface area (Å²) < 4.78 is 36.4. The van der Waals surface area contributed by atoms with Crippen LogP contribution in [0.5, 0.6) is 5.75 Å². The van der Waals surface area contributed by atoms with Gasteiger partial charge in [0.25, 0.3) is 0 Å². The third kappa shape index (κ3) is 5.13. The largest absolute Gasteiger partial charge is 0.485 e. The van der Waals surface area contributed by atoms with E-state index in [1.54, 1.807) is 7.11 Å². The van der Waals surface area contributed by atoms with Crippen LogP contribution in [-0.4, -0.2) is 50.2 Å². The highest BCUT2D eigenvalue weighted by atomic mass is 16.8. The molecule has 2 heterocycles. The van der Waals surface area contributed by atoms with Crippen LogP contribution < -0.4 is 4.74 Å². The third-order valence-electron chi connectivity index (χ3n) is 5.53. The van der Waals surface area contributed by atoms with Crippen molar-refractivity contribution in [2.75, 3.05) is 13.7 Å². The number of methoxy groups -OCH3 is 1. The molecule has 6 heteroatoms. The molecule has 0 aromatic heterocycles. The van der Waals surface area contributed by atoms with E-state index in [1.807, 2.05) is 74.5 Å². The van der Waals surface area contributed by atoms with Crippen LogP contribution in [0, 0.1) is 0 Å². The summed E-state index contributed by atoms with van der Waals surface area (Å²) in [4.78, 5) is 0. The molecule has 0 spiro atoms. The van der Waals surface area contributed by atoms with Crippen molar-refractivity contribution in [1.29, 1.82) is 0 Å². The molecule has 32 heavy (non-hydrogen) atoms. The summed E-state index contributed by atoms with van der Waals surface area (Å²) in [5, 5.41) is 0. The lowest BCUT2D eigenvalue weighted by Gasteiger charge is -2.31. The van der Waals surface area contributed by atoms with Crippen molar-refractivity contribution >= 4 is 0 Å². The van der Waals surface area contributed by atoms with Crippen molar-refractivity contribution in [2.45, 2.75) is 56.9 Å². The Morgan fingerprint density at radius 2 is 1.75 bits per heavy atom. The minimum atomic E-state index is -0.753. The molecule has 2 fully saturated rings. The maximum Gasteiger partial charge on any atom is 0.191 e. The molecule has 0 radical (unpaired) electrons. The van der Waals surface area contributed by atoms with E-state index in [1.165, 1.54) is 0 Å². The fourth-order valence-electron chi connectivity index (χ4n) is 4.10. The lowest BCUT2D eigenvalue weighted by atomic mass is 9.99. The molecule has 0 N–H and O–H groups in total. The molecule has 0 aliphatic carbocycles. The summed E-state index contributed by atoms with van der Waals surface area (Å²) in [5.41, 5.74) is 4.82. The van der Waals surface area contributed by atoms with Gasteiger partial charge in [-0.05, 0) is 31.5 Å². The third-order valence-corrected chi connectivity index (χ3v) is 5.53. The zero-order valence-corrected chi connectivity index (χ0v) is 18.7. The molecule has 2 aliphatic heterocycles. The number of ether oxygens (including phenoxy) is 6. The molecular formula is C26H30O6. The average Bonchev–Trinajstić information content (AvgIpc) is 3.27. The predicted octanol–water partition coefficient (Wildman–Crippen LogP) is 4.25. The van der Waals surface area contributed by atoms with Crippen molar-refractivity contribution in [1.82, 2.24) is 0 Å². The second kappa shape index (κ2) is 10.0. The predicted molar refractivity (Wildman–Crippen MR) is 119 cm³/mol. The first-order chi connectivity index (χ1) is 15.5. The van der Waals surface area contributed by atoms with Crippen LogP contribution in [0.4, 0.5) is 0 Å². The molecule has 6 nitrogen and oxygen atoms in total. The van der Waals surface area contributed by atoms with E-state index in [0.29, 0.717) is 13.2 Å². The van der Waals surface area contributed by atoms with Gasteiger partial charge in [0, 0.05) is 12.7 Å². The molecule has 0 amide bonds. The SMILES string of the molecule is C=C=C(COCc1ccccc1)[C@@H](OC)[C@H]1O[C@@H]2OC(C)(C)O[C@@H]2[C@H]1Oc1ccccc1. The van der Waals surface area contributed by atoms with Gasteiger partial charge in [0.2, 0.25) is 0 Å².